The second-order valence-corrected chi connectivity index (χ2v) is 5.44. The highest BCUT2D eigenvalue weighted by Gasteiger charge is 2.30. The van der Waals surface area contributed by atoms with Crippen molar-refractivity contribution < 1.29 is 4.79 Å². The topological polar surface area (TPSA) is 59.2 Å². The summed E-state index contributed by atoms with van der Waals surface area (Å²) >= 11 is 1.40. The highest BCUT2D eigenvalue weighted by atomic mass is 32.1. The molecule has 0 saturated carbocycles. The van der Waals surface area contributed by atoms with Gasteiger partial charge >= 0.3 is 0 Å². The molecular weight excluding hydrogens is 234 g/mol. The highest BCUT2D eigenvalue weighted by molar-refractivity contribution is 7.11. The molecular formula is C12H19N3OS. The second-order valence-electron chi connectivity index (χ2n) is 4.55. The van der Waals surface area contributed by atoms with Gasteiger partial charge in [-0.3, -0.25) is 9.78 Å². The molecule has 1 aromatic heterocycles. The molecule has 0 aliphatic carbocycles. The van der Waals surface area contributed by atoms with Gasteiger partial charge in [-0.2, -0.15) is 0 Å². The molecule has 4 nitrogen and oxygen atoms in total. The van der Waals surface area contributed by atoms with E-state index in [4.69, 9.17) is 5.73 Å². The number of thiazole rings is 1. The summed E-state index contributed by atoms with van der Waals surface area (Å²) < 4.78 is 0. The van der Waals surface area contributed by atoms with E-state index in [9.17, 15) is 4.79 Å². The zero-order valence-corrected chi connectivity index (χ0v) is 10.9. The van der Waals surface area contributed by atoms with Gasteiger partial charge in [-0.05, 0) is 18.8 Å². The number of amides is 1. The molecule has 1 fully saturated rings. The largest absolute Gasteiger partial charge is 0.334 e. The standard InChI is InChI=1S/C12H19N3OS/c1-2-9-3-4-15(10(5-9)6-13)12(16)11-7-14-8-17-11/h7-10H,2-6,13H2,1H3. The minimum atomic E-state index is 0.0949. The van der Waals surface area contributed by atoms with Gasteiger partial charge in [-0.15, -0.1) is 11.3 Å². The molecule has 2 N–H and O–H groups in total. The second kappa shape index (κ2) is 5.60. The third kappa shape index (κ3) is 2.66. The Morgan fingerprint density at radius 2 is 2.53 bits per heavy atom. The molecule has 0 spiro atoms. The molecule has 0 radical (unpaired) electrons. The molecule has 94 valence electrons. The molecule has 17 heavy (non-hydrogen) atoms. The fourth-order valence-corrected chi connectivity index (χ4v) is 3.03. The fraction of sp³-hybridized carbons (Fsp3) is 0.667. The van der Waals surface area contributed by atoms with Crippen LogP contribution in [0.2, 0.25) is 0 Å². The first-order valence-corrected chi connectivity index (χ1v) is 7.03. The predicted octanol–water partition coefficient (Wildman–Crippen LogP) is 1.73. The normalized spacial score (nSPS) is 24.9. The number of aromatic nitrogens is 1. The summed E-state index contributed by atoms with van der Waals surface area (Å²) in [5.74, 6) is 0.812. The lowest BCUT2D eigenvalue weighted by Gasteiger charge is -2.38. The zero-order chi connectivity index (χ0) is 12.3. The van der Waals surface area contributed by atoms with E-state index in [0.717, 1.165) is 24.3 Å². The van der Waals surface area contributed by atoms with Gasteiger partial charge in [0.05, 0.1) is 11.7 Å². The van der Waals surface area contributed by atoms with Gasteiger partial charge in [0.25, 0.3) is 5.91 Å². The van der Waals surface area contributed by atoms with E-state index < -0.39 is 0 Å². The van der Waals surface area contributed by atoms with Crippen LogP contribution in [0.5, 0.6) is 0 Å². The molecule has 1 aliphatic heterocycles. The molecule has 1 saturated heterocycles. The van der Waals surface area contributed by atoms with Crippen LogP contribution in [-0.4, -0.2) is 34.9 Å². The van der Waals surface area contributed by atoms with Crippen molar-refractivity contribution >= 4 is 17.2 Å². The first kappa shape index (κ1) is 12.5. The summed E-state index contributed by atoms with van der Waals surface area (Å²) in [6.45, 7) is 3.59. The number of likely N-dealkylation sites (tertiary alicyclic amines) is 1. The van der Waals surface area contributed by atoms with E-state index >= 15 is 0 Å². The third-order valence-corrected chi connectivity index (χ3v) is 4.34. The van der Waals surface area contributed by atoms with Crippen LogP contribution in [0, 0.1) is 5.92 Å². The summed E-state index contributed by atoms with van der Waals surface area (Å²) in [7, 11) is 0. The van der Waals surface area contributed by atoms with Crippen molar-refractivity contribution in [1.29, 1.82) is 0 Å². The highest BCUT2D eigenvalue weighted by Crippen LogP contribution is 2.26. The molecule has 0 aromatic carbocycles. The van der Waals surface area contributed by atoms with Crippen LogP contribution in [0.3, 0.4) is 0 Å². The van der Waals surface area contributed by atoms with Gasteiger partial charge in [0.1, 0.15) is 4.88 Å². The summed E-state index contributed by atoms with van der Waals surface area (Å²) in [6, 6.07) is 0.197. The minimum absolute atomic E-state index is 0.0949. The molecule has 5 heteroatoms. The monoisotopic (exact) mass is 253 g/mol. The van der Waals surface area contributed by atoms with Crippen molar-refractivity contribution in [3.8, 4) is 0 Å². The first-order valence-electron chi connectivity index (χ1n) is 6.15. The maximum absolute atomic E-state index is 12.3. The Morgan fingerprint density at radius 3 is 3.12 bits per heavy atom. The lowest BCUT2D eigenvalue weighted by Crippen LogP contribution is -2.49. The number of rotatable bonds is 3. The Hall–Kier alpha value is -0.940. The zero-order valence-electron chi connectivity index (χ0n) is 10.1. The first-order chi connectivity index (χ1) is 8.26. The number of nitrogens with zero attached hydrogens (tertiary/aromatic N) is 2. The lowest BCUT2D eigenvalue weighted by molar-refractivity contribution is 0.0563. The summed E-state index contributed by atoms with van der Waals surface area (Å²) in [5.41, 5.74) is 7.49. The lowest BCUT2D eigenvalue weighted by atomic mass is 9.89. The van der Waals surface area contributed by atoms with E-state index in [2.05, 4.69) is 11.9 Å². The number of carbonyl (C=O) groups excluding carboxylic acids is 1. The van der Waals surface area contributed by atoms with Crippen LogP contribution in [0.4, 0.5) is 0 Å². The summed E-state index contributed by atoms with van der Waals surface area (Å²) in [5, 5.41) is 0. The molecule has 2 rings (SSSR count). The molecule has 1 aliphatic rings. The number of carbonyl (C=O) groups is 1. The Labute approximate surface area is 106 Å². The summed E-state index contributed by atoms with van der Waals surface area (Å²) in [6.07, 6.45) is 4.96. The maximum atomic E-state index is 12.3. The van der Waals surface area contributed by atoms with Crippen molar-refractivity contribution in [2.45, 2.75) is 32.2 Å². The Kier molecular flexibility index (Phi) is 4.12. The van der Waals surface area contributed by atoms with E-state index in [1.807, 2.05) is 4.90 Å². The van der Waals surface area contributed by atoms with Gasteiger partial charge in [0, 0.05) is 19.1 Å². The number of piperidine rings is 1. The number of hydrogen-bond donors (Lipinski definition) is 1. The van der Waals surface area contributed by atoms with Crippen LogP contribution in [0.25, 0.3) is 0 Å². The van der Waals surface area contributed by atoms with Crippen LogP contribution < -0.4 is 5.73 Å². The van der Waals surface area contributed by atoms with Crippen molar-refractivity contribution in [1.82, 2.24) is 9.88 Å². The number of nitrogens with two attached hydrogens (primary N) is 1. The van der Waals surface area contributed by atoms with Gasteiger partial charge in [-0.25, -0.2) is 0 Å². The van der Waals surface area contributed by atoms with Gasteiger partial charge in [0.2, 0.25) is 0 Å². The molecule has 1 aromatic rings. The number of hydrogen-bond acceptors (Lipinski definition) is 4. The average Bonchev–Trinajstić information content (AvgIpc) is 2.91. The van der Waals surface area contributed by atoms with Crippen LogP contribution >= 0.6 is 11.3 Å². The van der Waals surface area contributed by atoms with Crippen molar-refractivity contribution in [2.75, 3.05) is 13.1 Å². The Balaban J connectivity index is 2.07. The molecule has 0 bridgehead atoms. The van der Waals surface area contributed by atoms with E-state index in [-0.39, 0.29) is 11.9 Å². The predicted molar refractivity (Wildman–Crippen MR) is 69.0 cm³/mol. The smallest absolute Gasteiger partial charge is 0.265 e. The molecule has 2 heterocycles. The van der Waals surface area contributed by atoms with Crippen molar-refractivity contribution in [2.24, 2.45) is 11.7 Å². The van der Waals surface area contributed by atoms with Gasteiger partial charge in [0.15, 0.2) is 0 Å². The SMILES string of the molecule is CCC1CCN(C(=O)c2cncs2)C(CN)C1. The molecule has 1 amide bonds. The quantitative estimate of drug-likeness (QED) is 0.892. The Morgan fingerprint density at radius 1 is 1.71 bits per heavy atom. The van der Waals surface area contributed by atoms with E-state index in [1.54, 1.807) is 11.7 Å². The average molecular weight is 253 g/mol. The van der Waals surface area contributed by atoms with Crippen LogP contribution in [0.1, 0.15) is 35.9 Å². The van der Waals surface area contributed by atoms with Crippen molar-refractivity contribution in [3.05, 3.63) is 16.6 Å². The molecule has 2 atom stereocenters. The van der Waals surface area contributed by atoms with E-state index in [0.29, 0.717) is 12.5 Å². The van der Waals surface area contributed by atoms with Crippen LogP contribution in [0.15, 0.2) is 11.7 Å². The van der Waals surface area contributed by atoms with Crippen LogP contribution in [-0.2, 0) is 0 Å². The van der Waals surface area contributed by atoms with E-state index in [1.165, 1.54) is 17.8 Å². The fourth-order valence-electron chi connectivity index (χ4n) is 2.46. The van der Waals surface area contributed by atoms with Crippen molar-refractivity contribution in [3.63, 3.8) is 0 Å². The minimum Gasteiger partial charge on any atom is -0.334 e. The Bertz CT molecular complexity index is 366. The van der Waals surface area contributed by atoms with Gasteiger partial charge in [-0.1, -0.05) is 13.3 Å². The third-order valence-electron chi connectivity index (χ3n) is 3.58. The molecule has 2 unspecified atom stereocenters. The maximum Gasteiger partial charge on any atom is 0.265 e. The van der Waals surface area contributed by atoms with Gasteiger partial charge < -0.3 is 10.6 Å². The summed E-state index contributed by atoms with van der Waals surface area (Å²) in [4.78, 5) is 18.9.